The van der Waals surface area contributed by atoms with Crippen LogP contribution in [0.2, 0.25) is 0 Å². The monoisotopic (exact) mass is 243 g/mol. The number of carbonyl (C=O) groups is 1. The lowest BCUT2D eigenvalue weighted by Gasteiger charge is -2.29. The minimum absolute atomic E-state index is 0.0369. The summed E-state index contributed by atoms with van der Waals surface area (Å²) in [5.41, 5.74) is 2.24. The van der Waals surface area contributed by atoms with E-state index in [1.165, 1.54) is 5.57 Å². The molecule has 1 spiro atoms. The second-order valence-electron chi connectivity index (χ2n) is 5.22. The second kappa shape index (κ2) is 3.95. The number of hydrogen-bond acceptors (Lipinski definition) is 2. The third-order valence-corrected chi connectivity index (χ3v) is 3.71. The number of hydrogen-bond donors (Lipinski definition) is 1. The van der Waals surface area contributed by atoms with Gasteiger partial charge in [-0.05, 0) is 26.3 Å². The third-order valence-electron chi connectivity index (χ3n) is 3.71. The van der Waals surface area contributed by atoms with Crippen LogP contribution in [0.5, 0.6) is 0 Å². The molecule has 3 rings (SSSR count). The van der Waals surface area contributed by atoms with Crippen molar-refractivity contribution in [2.75, 3.05) is 5.32 Å². The van der Waals surface area contributed by atoms with E-state index in [-0.39, 0.29) is 12.0 Å². The van der Waals surface area contributed by atoms with E-state index in [1.807, 2.05) is 31.2 Å². The molecule has 94 valence electrons. The molecule has 1 aromatic carbocycles. The molecular weight excluding hydrogens is 226 g/mol. The number of fused-ring (bicyclic) bond motifs is 2. The molecule has 0 aromatic heterocycles. The summed E-state index contributed by atoms with van der Waals surface area (Å²) < 4.78 is 6.10. The average Bonchev–Trinajstić information content (AvgIpc) is 2.50. The number of amides is 1. The summed E-state index contributed by atoms with van der Waals surface area (Å²) >= 11 is 0. The van der Waals surface area contributed by atoms with Gasteiger partial charge < -0.3 is 10.1 Å². The highest BCUT2D eigenvalue weighted by Crippen LogP contribution is 2.45. The number of anilines is 1. The first-order valence-corrected chi connectivity index (χ1v) is 6.36. The van der Waals surface area contributed by atoms with Crippen LogP contribution in [0.25, 0.3) is 0 Å². The van der Waals surface area contributed by atoms with Crippen molar-refractivity contribution in [3.63, 3.8) is 0 Å². The number of para-hydroxylation sites is 1. The molecule has 3 heteroatoms. The molecule has 0 saturated heterocycles. The first-order valence-electron chi connectivity index (χ1n) is 6.36. The van der Waals surface area contributed by atoms with Crippen molar-refractivity contribution in [1.29, 1.82) is 0 Å². The van der Waals surface area contributed by atoms with E-state index in [1.54, 1.807) is 0 Å². The van der Waals surface area contributed by atoms with Gasteiger partial charge in [0.05, 0.1) is 6.10 Å². The fourth-order valence-electron chi connectivity index (χ4n) is 2.85. The SMILES string of the molecule is CC1=CC[C@@H](C)O[C@@]2(C1)C(=O)Nc1ccccc12. The van der Waals surface area contributed by atoms with E-state index in [9.17, 15) is 4.79 Å². The van der Waals surface area contributed by atoms with Gasteiger partial charge in [-0.2, -0.15) is 0 Å². The molecule has 3 nitrogen and oxygen atoms in total. The van der Waals surface area contributed by atoms with Gasteiger partial charge in [-0.3, -0.25) is 4.79 Å². The van der Waals surface area contributed by atoms with Crippen molar-refractivity contribution in [1.82, 2.24) is 0 Å². The summed E-state index contributed by atoms with van der Waals surface area (Å²) in [4.78, 5) is 12.4. The lowest BCUT2D eigenvalue weighted by atomic mass is 9.88. The highest BCUT2D eigenvalue weighted by Gasteiger charge is 2.49. The van der Waals surface area contributed by atoms with E-state index < -0.39 is 5.60 Å². The zero-order valence-corrected chi connectivity index (χ0v) is 10.7. The average molecular weight is 243 g/mol. The van der Waals surface area contributed by atoms with E-state index in [2.05, 4.69) is 18.3 Å². The van der Waals surface area contributed by atoms with Crippen LogP contribution in [-0.4, -0.2) is 12.0 Å². The number of benzene rings is 1. The molecule has 1 N–H and O–H groups in total. The molecule has 0 bridgehead atoms. The quantitative estimate of drug-likeness (QED) is 0.711. The maximum absolute atomic E-state index is 12.4. The zero-order valence-electron chi connectivity index (χ0n) is 10.7. The maximum Gasteiger partial charge on any atom is 0.261 e. The highest BCUT2D eigenvalue weighted by molar-refractivity contribution is 6.05. The molecule has 0 radical (unpaired) electrons. The molecule has 2 aliphatic rings. The van der Waals surface area contributed by atoms with Crippen LogP contribution in [0.4, 0.5) is 5.69 Å². The lowest BCUT2D eigenvalue weighted by Crippen LogP contribution is -2.39. The summed E-state index contributed by atoms with van der Waals surface area (Å²) in [6.07, 6.45) is 3.73. The predicted octanol–water partition coefficient (Wildman–Crippen LogP) is 2.98. The number of carbonyl (C=O) groups excluding carboxylic acids is 1. The molecule has 18 heavy (non-hydrogen) atoms. The minimum Gasteiger partial charge on any atom is -0.357 e. The van der Waals surface area contributed by atoms with Crippen LogP contribution < -0.4 is 5.32 Å². The van der Waals surface area contributed by atoms with Gasteiger partial charge in [-0.1, -0.05) is 29.8 Å². The number of nitrogens with one attached hydrogen (secondary N) is 1. The summed E-state index contributed by atoms with van der Waals surface area (Å²) in [5.74, 6) is -0.0369. The van der Waals surface area contributed by atoms with Gasteiger partial charge in [0.2, 0.25) is 0 Å². The molecule has 0 fully saturated rings. The summed E-state index contributed by atoms with van der Waals surface area (Å²) in [6.45, 7) is 4.09. The Labute approximate surface area is 107 Å². The Bertz CT molecular complexity index is 535. The van der Waals surface area contributed by atoms with E-state index >= 15 is 0 Å². The molecule has 1 amide bonds. The Morgan fingerprint density at radius 2 is 2.17 bits per heavy atom. The third kappa shape index (κ3) is 1.58. The second-order valence-corrected chi connectivity index (χ2v) is 5.22. The molecule has 1 aromatic rings. The number of rotatable bonds is 0. The van der Waals surface area contributed by atoms with Crippen molar-refractivity contribution < 1.29 is 9.53 Å². The first kappa shape index (κ1) is 11.5. The summed E-state index contributed by atoms with van der Waals surface area (Å²) in [5, 5.41) is 2.94. The van der Waals surface area contributed by atoms with E-state index in [0.29, 0.717) is 6.42 Å². The predicted molar refractivity (Wildman–Crippen MR) is 70.3 cm³/mol. The van der Waals surface area contributed by atoms with Gasteiger partial charge in [0.1, 0.15) is 0 Å². The smallest absolute Gasteiger partial charge is 0.261 e. The highest BCUT2D eigenvalue weighted by atomic mass is 16.5. The first-order chi connectivity index (χ1) is 8.62. The Balaban J connectivity index is 2.13. The molecule has 0 aliphatic carbocycles. The van der Waals surface area contributed by atoms with Crippen molar-refractivity contribution in [3.05, 3.63) is 41.5 Å². The Kier molecular flexibility index (Phi) is 2.52. The largest absolute Gasteiger partial charge is 0.357 e. The Hall–Kier alpha value is -1.61. The van der Waals surface area contributed by atoms with Crippen LogP contribution in [0.15, 0.2) is 35.9 Å². The summed E-state index contributed by atoms with van der Waals surface area (Å²) in [7, 11) is 0. The fourth-order valence-corrected chi connectivity index (χ4v) is 2.85. The molecule has 2 aliphatic heterocycles. The molecule has 2 atom stereocenters. The fraction of sp³-hybridized carbons (Fsp3) is 0.400. The summed E-state index contributed by atoms with van der Waals surface area (Å²) in [6, 6.07) is 7.80. The van der Waals surface area contributed by atoms with E-state index in [4.69, 9.17) is 4.74 Å². The van der Waals surface area contributed by atoms with Gasteiger partial charge >= 0.3 is 0 Å². The van der Waals surface area contributed by atoms with Gasteiger partial charge in [0.25, 0.3) is 5.91 Å². The molecule has 0 saturated carbocycles. The Morgan fingerprint density at radius 3 is 3.00 bits per heavy atom. The van der Waals surface area contributed by atoms with Gasteiger partial charge in [-0.15, -0.1) is 0 Å². The molecular formula is C15H17NO2. The van der Waals surface area contributed by atoms with Crippen LogP contribution in [0.1, 0.15) is 32.3 Å². The normalized spacial score (nSPS) is 30.7. The number of ether oxygens (including phenoxy) is 1. The van der Waals surface area contributed by atoms with Crippen molar-refractivity contribution in [2.24, 2.45) is 0 Å². The minimum atomic E-state index is -0.826. The maximum atomic E-state index is 12.4. The van der Waals surface area contributed by atoms with Crippen LogP contribution in [-0.2, 0) is 15.1 Å². The molecule has 2 heterocycles. The molecule has 0 unspecified atom stereocenters. The van der Waals surface area contributed by atoms with Crippen molar-refractivity contribution >= 4 is 11.6 Å². The van der Waals surface area contributed by atoms with Crippen LogP contribution in [0.3, 0.4) is 0 Å². The standard InChI is InChI=1S/C15H17NO2/c1-10-7-8-11(2)18-15(9-10)12-5-3-4-6-13(12)16-14(15)17/h3-7,11H,8-9H2,1-2H3,(H,16,17)/t11-,15-/m1/s1. The van der Waals surface area contributed by atoms with Crippen LogP contribution in [0, 0.1) is 0 Å². The van der Waals surface area contributed by atoms with Crippen molar-refractivity contribution in [2.45, 2.75) is 38.4 Å². The van der Waals surface area contributed by atoms with E-state index in [0.717, 1.165) is 17.7 Å². The Morgan fingerprint density at radius 1 is 1.39 bits per heavy atom. The van der Waals surface area contributed by atoms with Gasteiger partial charge in [-0.25, -0.2) is 0 Å². The zero-order chi connectivity index (χ0) is 12.8. The van der Waals surface area contributed by atoms with Crippen LogP contribution >= 0.6 is 0 Å². The van der Waals surface area contributed by atoms with Crippen molar-refractivity contribution in [3.8, 4) is 0 Å². The topological polar surface area (TPSA) is 38.3 Å². The van der Waals surface area contributed by atoms with Gasteiger partial charge in [0, 0.05) is 17.7 Å². The lowest BCUT2D eigenvalue weighted by molar-refractivity contribution is -0.148. The van der Waals surface area contributed by atoms with Gasteiger partial charge in [0.15, 0.2) is 5.60 Å².